The number of hydrogen-bond donors (Lipinski definition) is 1. The van der Waals surface area contributed by atoms with Gasteiger partial charge in [0, 0.05) is 24.9 Å². The molecule has 2 aromatic rings. The number of phenolic OH excluding ortho intramolecular Hbond substituents is 1. The van der Waals surface area contributed by atoms with Gasteiger partial charge in [-0.05, 0) is 23.3 Å². The highest BCUT2D eigenvalue weighted by molar-refractivity contribution is 6.30. The molecule has 2 nitrogen and oxygen atoms in total. The summed E-state index contributed by atoms with van der Waals surface area (Å²) in [5.74, 6) is -0.708. The minimum absolute atomic E-state index is 0.0108. The van der Waals surface area contributed by atoms with E-state index in [0.717, 1.165) is 11.6 Å². The first-order valence-electron chi connectivity index (χ1n) is 4.72. The number of hydrogen-bond acceptors (Lipinski definition) is 2. The van der Waals surface area contributed by atoms with E-state index in [9.17, 15) is 9.50 Å². The van der Waals surface area contributed by atoms with E-state index in [2.05, 4.69) is 4.98 Å². The second-order valence-corrected chi connectivity index (χ2v) is 3.84. The second-order valence-electron chi connectivity index (χ2n) is 3.43. The van der Waals surface area contributed by atoms with Gasteiger partial charge in [-0.25, -0.2) is 4.39 Å². The fraction of sp³-hybridized carbons (Fsp3) is 0.0833. The molecule has 0 saturated carbocycles. The Morgan fingerprint density at radius 1 is 1.38 bits per heavy atom. The number of pyridine rings is 1. The van der Waals surface area contributed by atoms with Gasteiger partial charge in [0.25, 0.3) is 0 Å². The van der Waals surface area contributed by atoms with Crippen molar-refractivity contribution in [2.75, 3.05) is 0 Å². The largest absolute Gasteiger partial charge is 0.508 e. The van der Waals surface area contributed by atoms with Crippen LogP contribution in [0.25, 0.3) is 0 Å². The SMILES string of the molecule is Oc1cc(F)c(Cl)cc1Cc1cccnc1. The molecule has 1 heterocycles. The van der Waals surface area contributed by atoms with Crippen molar-refractivity contribution < 1.29 is 9.50 Å². The van der Waals surface area contributed by atoms with Crippen molar-refractivity contribution in [3.8, 4) is 5.75 Å². The molecule has 16 heavy (non-hydrogen) atoms. The van der Waals surface area contributed by atoms with Gasteiger partial charge >= 0.3 is 0 Å². The van der Waals surface area contributed by atoms with Crippen LogP contribution in [0.4, 0.5) is 4.39 Å². The van der Waals surface area contributed by atoms with Gasteiger partial charge in [0.1, 0.15) is 11.6 Å². The molecular formula is C12H9ClFNO. The van der Waals surface area contributed by atoms with Crippen LogP contribution in [-0.2, 0) is 6.42 Å². The molecule has 0 unspecified atom stereocenters. The summed E-state index contributed by atoms with van der Waals surface area (Å²) in [6.07, 6.45) is 3.83. The number of aromatic nitrogens is 1. The van der Waals surface area contributed by atoms with Crippen LogP contribution in [0.1, 0.15) is 11.1 Å². The van der Waals surface area contributed by atoms with Gasteiger partial charge in [0.2, 0.25) is 0 Å². The molecule has 0 bridgehead atoms. The highest BCUT2D eigenvalue weighted by Gasteiger charge is 2.08. The molecule has 1 N–H and O–H groups in total. The van der Waals surface area contributed by atoms with Crippen LogP contribution in [0.15, 0.2) is 36.7 Å². The molecule has 0 atom stereocenters. The van der Waals surface area contributed by atoms with Crippen LogP contribution < -0.4 is 0 Å². The van der Waals surface area contributed by atoms with Crippen molar-refractivity contribution in [1.82, 2.24) is 4.98 Å². The third-order valence-electron chi connectivity index (χ3n) is 2.24. The summed E-state index contributed by atoms with van der Waals surface area (Å²) in [5.41, 5.74) is 1.51. The predicted octanol–water partition coefficient (Wildman–Crippen LogP) is 3.17. The molecule has 0 aliphatic rings. The van der Waals surface area contributed by atoms with Crippen LogP contribution in [0.3, 0.4) is 0 Å². The van der Waals surface area contributed by atoms with E-state index in [1.54, 1.807) is 18.5 Å². The van der Waals surface area contributed by atoms with Crippen LogP contribution in [0.2, 0.25) is 5.02 Å². The van der Waals surface area contributed by atoms with Gasteiger partial charge < -0.3 is 5.11 Å². The first-order valence-corrected chi connectivity index (χ1v) is 5.10. The van der Waals surface area contributed by atoms with Gasteiger partial charge in [0.05, 0.1) is 5.02 Å². The minimum atomic E-state index is -0.617. The zero-order chi connectivity index (χ0) is 11.5. The van der Waals surface area contributed by atoms with E-state index in [1.165, 1.54) is 6.07 Å². The molecule has 1 aromatic heterocycles. The Kier molecular flexibility index (Phi) is 3.06. The molecule has 0 fully saturated rings. The number of benzene rings is 1. The average molecular weight is 238 g/mol. The Labute approximate surface area is 97.3 Å². The normalized spacial score (nSPS) is 10.4. The zero-order valence-corrected chi connectivity index (χ0v) is 9.08. The van der Waals surface area contributed by atoms with Gasteiger partial charge in [-0.2, -0.15) is 0 Å². The summed E-state index contributed by atoms with van der Waals surface area (Å²) in [6.45, 7) is 0. The molecule has 2 rings (SSSR count). The standard InChI is InChI=1S/C12H9ClFNO/c13-10-5-9(12(16)6-11(10)14)4-8-2-1-3-15-7-8/h1-3,5-7,16H,4H2. The molecule has 82 valence electrons. The Morgan fingerprint density at radius 3 is 2.88 bits per heavy atom. The highest BCUT2D eigenvalue weighted by atomic mass is 35.5. The number of halogens is 2. The molecule has 0 amide bonds. The van der Waals surface area contributed by atoms with Gasteiger partial charge in [-0.3, -0.25) is 4.98 Å². The minimum Gasteiger partial charge on any atom is -0.508 e. The van der Waals surface area contributed by atoms with Crippen LogP contribution >= 0.6 is 11.6 Å². The van der Waals surface area contributed by atoms with E-state index in [-0.39, 0.29) is 10.8 Å². The monoisotopic (exact) mass is 237 g/mol. The summed E-state index contributed by atoms with van der Waals surface area (Å²) in [4.78, 5) is 3.96. The summed E-state index contributed by atoms with van der Waals surface area (Å²) >= 11 is 5.65. The van der Waals surface area contributed by atoms with Crippen molar-refractivity contribution >= 4 is 11.6 Å². The molecule has 1 aromatic carbocycles. The fourth-order valence-electron chi connectivity index (χ4n) is 1.44. The Balaban J connectivity index is 2.32. The van der Waals surface area contributed by atoms with E-state index in [4.69, 9.17) is 11.6 Å². The third kappa shape index (κ3) is 2.31. The molecule has 0 aliphatic heterocycles. The third-order valence-corrected chi connectivity index (χ3v) is 2.53. The lowest BCUT2D eigenvalue weighted by Gasteiger charge is -2.05. The average Bonchev–Trinajstić information content (AvgIpc) is 2.27. The Morgan fingerprint density at radius 2 is 2.19 bits per heavy atom. The molecule has 0 aliphatic carbocycles. The van der Waals surface area contributed by atoms with E-state index < -0.39 is 5.82 Å². The van der Waals surface area contributed by atoms with Crippen molar-refractivity contribution in [2.45, 2.75) is 6.42 Å². The van der Waals surface area contributed by atoms with Gasteiger partial charge in [-0.1, -0.05) is 17.7 Å². The highest BCUT2D eigenvalue weighted by Crippen LogP contribution is 2.26. The first kappa shape index (κ1) is 10.9. The molecule has 0 spiro atoms. The molecular weight excluding hydrogens is 229 g/mol. The first-order chi connectivity index (χ1) is 7.66. The fourth-order valence-corrected chi connectivity index (χ4v) is 1.63. The summed E-state index contributed by atoms with van der Waals surface area (Å²) in [7, 11) is 0. The van der Waals surface area contributed by atoms with E-state index >= 15 is 0 Å². The zero-order valence-electron chi connectivity index (χ0n) is 8.32. The number of phenols is 1. The lowest BCUT2D eigenvalue weighted by atomic mass is 10.1. The van der Waals surface area contributed by atoms with E-state index in [0.29, 0.717) is 12.0 Å². The summed E-state index contributed by atoms with van der Waals surface area (Å²) in [5, 5.41) is 9.57. The number of aromatic hydroxyl groups is 1. The van der Waals surface area contributed by atoms with Crippen molar-refractivity contribution in [3.63, 3.8) is 0 Å². The number of nitrogens with zero attached hydrogens (tertiary/aromatic N) is 1. The maximum absolute atomic E-state index is 13.0. The second kappa shape index (κ2) is 4.49. The van der Waals surface area contributed by atoms with Crippen molar-refractivity contribution in [2.24, 2.45) is 0 Å². The van der Waals surface area contributed by atoms with Crippen LogP contribution in [0.5, 0.6) is 5.75 Å². The van der Waals surface area contributed by atoms with Crippen LogP contribution in [0, 0.1) is 5.82 Å². The maximum Gasteiger partial charge on any atom is 0.145 e. The molecule has 4 heteroatoms. The quantitative estimate of drug-likeness (QED) is 0.870. The topological polar surface area (TPSA) is 33.1 Å². The Hall–Kier alpha value is -1.61. The van der Waals surface area contributed by atoms with Crippen molar-refractivity contribution in [3.05, 3.63) is 58.6 Å². The Bertz CT molecular complexity index is 502. The summed E-state index contributed by atoms with van der Waals surface area (Å²) in [6, 6.07) is 6.13. The predicted molar refractivity (Wildman–Crippen MR) is 60.1 cm³/mol. The molecule has 0 saturated heterocycles. The number of rotatable bonds is 2. The summed E-state index contributed by atoms with van der Waals surface area (Å²) < 4.78 is 13.0. The van der Waals surface area contributed by atoms with Crippen LogP contribution in [-0.4, -0.2) is 10.1 Å². The van der Waals surface area contributed by atoms with Gasteiger partial charge in [-0.15, -0.1) is 0 Å². The maximum atomic E-state index is 13.0. The van der Waals surface area contributed by atoms with E-state index in [1.807, 2.05) is 6.07 Å². The van der Waals surface area contributed by atoms with Gasteiger partial charge in [0.15, 0.2) is 0 Å². The van der Waals surface area contributed by atoms with Crippen molar-refractivity contribution in [1.29, 1.82) is 0 Å². The lowest BCUT2D eigenvalue weighted by molar-refractivity contribution is 0.463. The lowest BCUT2D eigenvalue weighted by Crippen LogP contribution is -1.91. The molecule has 0 radical (unpaired) electrons. The smallest absolute Gasteiger partial charge is 0.145 e.